The van der Waals surface area contributed by atoms with Gasteiger partial charge in [0.15, 0.2) is 0 Å². The quantitative estimate of drug-likeness (QED) is 0.822. The van der Waals surface area contributed by atoms with Crippen molar-refractivity contribution < 1.29 is 8.78 Å². The van der Waals surface area contributed by atoms with E-state index in [1.54, 1.807) is 10.9 Å². The van der Waals surface area contributed by atoms with Gasteiger partial charge >= 0.3 is 0 Å². The van der Waals surface area contributed by atoms with Gasteiger partial charge in [-0.05, 0) is 19.3 Å². The van der Waals surface area contributed by atoms with Crippen LogP contribution in [-0.2, 0) is 6.54 Å². The number of nitrogen functional groups attached to an aromatic ring is 1. The van der Waals surface area contributed by atoms with Crippen LogP contribution in [0.4, 0.5) is 14.5 Å². The van der Waals surface area contributed by atoms with Gasteiger partial charge in [-0.2, -0.15) is 5.10 Å². The van der Waals surface area contributed by atoms with Crippen molar-refractivity contribution in [2.45, 2.75) is 38.7 Å². The maximum absolute atomic E-state index is 12.9. The Hall–Kier alpha value is -1.13. The molecule has 0 amide bonds. The molecule has 1 aromatic heterocycles. The molecule has 1 aromatic rings. The molecule has 2 rings (SSSR count). The molecule has 1 fully saturated rings. The second kappa shape index (κ2) is 3.47. The van der Waals surface area contributed by atoms with E-state index in [2.05, 4.69) is 5.10 Å². The highest BCUT2D eigenvalue weighted by molar-refractivity contribution is 5.39. The van der Waals surface area contributed by atoms with Crippen LogP contribution in [0.15, 0.2) is 6.20 Å². The van der Waals surface area contributed by atoms with E-state index in [0.717, 1.165) is 5.69 Å². The second-order valence-corrected chi connectivity index (χ2v) is 4.33. The predicted molar refractivity (Wildman–Crippen MR) is 53.7 cm³/mol. The van der Waals surface area contributed by atoms with Crippen molar-refractivity contribution in [2.24, 2.45) is 5.92 Å². The van der Waals surface area contributed by atoms with E-state index in [-0.39, 0.29) is 18.8 Å². The van der Waals surface area contributed by atoms with Crippen LogP contribution in [-0.4, -0.2) is 15.7 Å². The molecule has 1 aliphatic carbocycles. The van der Waals surface area contributed by atoms with Crippen LogP contribution < -0.4 is 5.73 Å². The summed E-state index contributed by atoms with van der Waals surface area (Å²) in [7, 11) is 0. The Kier molecular flexibility index (Phi) is 2.40. The maximum Gasteiger partial charge on any atom is 0.248 e. The minimum Gasteiger partial charge on any atom is -0.396 e. The third-order valence-electron chi connectivity index (χ3n) is 3.08. The van der Waals surface area contributed by atoms with Gasteiger partial charge in [0, 0.05) is 19.4 Å². The van der Waals surface area contributed by atoms with E-state index < -0.39 is 5.92 Å². The summed E-state index contributed by atoms with van der Waals surface area (Å²) in [6.45, 7) is 2.41. The molecule has 3 nitrogen and oxygen atoms in total. The summed E-state index contributed by atoms with van der Waals surface area (Å²) in [5, 5.41) is 4.07. The Morgan fingerprint density at radius 1 is 1.67 bits per heavy atom. The molecule has 1 heterocycles. The van der Waals surface area contributed by atoms with E-state index >= 15 is 0 Å². The average Bonchev–Trinajstić information content (AvgIpc) is 2.63. The first-order valence-corrected chi connectivity index (χ1v) is 5.14. The zero-order valence-corrected chi connectivity index (χ0v) is 8.71. The van der Waals surface area contributed by atoms with E-state index in [0.29, 0.717) is 18.7 Å². The van der Waals surface area contributed by atoms with Crippen LogP contribution in [0.3, 0.4) is 0 Å². The van der Waals surface area contributed by atoms with Gasteiger partial charge in [-0.15, -0.1) is 0 Å². The topological polar surface area (TPSA) is 43.8 Å². The number of aromatic nitrogens is 2. The Morgan fingerprint density at radius 3 is 2.87 bits per heavy atom. The largest absolute Gasteiger partial charge is 0.396 e. The first-order valence-electron chi connectivity index (χ1n) is 5.14. The molecule has 0 bridgehead atoms. The fraction of sp³-hybridized carbons (Fsp3) is 0.700. The molecule has 0 saturated heterocycles. The molecule has 15 heavy (non-hydrogen) atoms. The first-order chi connectivity index (χ1) is 6.98. The van der Waals surface area contributed by atoms with Crippen molar-refractivity contribution in [1.29, 1.82) is 0 Å². The van der Waals surface area contributed by atoms with Crippen LogP contribution in [0, 0.1) is 12.8 Å². The molecule has 1 aliphatic rings. The smallest absolute Gasteiger partial charge is 0.248 e. The van der Waals surface area contributed by atoms with Crippen LogP contribution in [0.1, 0.15) is 25.0 Å². The molecule has 1 saturated carbocycles. The molecule has 0 spiro atoms. The van der Waals surface area contributed by atoms with Gasteiger partial charge in [-0.1, -0.05) is 0 Å². The standard InChI is InChI=1S/C10H15F2N3/c1-7-9(13)5-14-15(7)6-8-2-3-10(11,12)4-8/h5,8H,2-4,6,13H2,1H3. The van der Waals surface area contributed by atoms with Gasteiger partial charge in [-0.25, -0.2) is 8.78 Å². The Bertz CT molecular complexity index is 360. The molecule has 1 unspecified atom stereocenters. The zero-order valence-electron chi connectivity index (χ0n) is 8.71. The van der Waals surface area contributed by atoms with E-state index in [1.165, 1.54) is 0 Å². The van der Waals surface area contributed by atoms with Gasteiger partial charge in [0.1, 0.15) is 0 Å². The highest BCUT2D eigenvalue weighted by Crippen LogP contribution is 2.39. The SMILES string of the molecule is Cc1c(N)cnn1CC1CCC(F)(F)C1. The highest BCUT2D eigenvalue weighted by atomic mass is 19.3. The number of rotatable bonds is 2. The molecular weight excluding hydrogens is 200 g/mol. The van der Waals surface area contributed by atoms with Crippen molar-refractivity contribution in [3.8, 4) is 0 Å². The molecule has 0 aromatic carbocycles. The van der Waals surface area contributed by atoms with Gasteiger partial charge in [-0.3, -0.25) is 4.68 Å². The molecule has 0 aliphatic heterocycles. The van der Waals surface area contributed by atoms with Crippen LogP contribution in [0.2, 0.25) is 0 Å². The normalized spacial score (nSPS) is 24.6. The number of anilines is 1. The molecule has 5 heteroatoms. The van der Waals surface area contributed by atoms with Crippen molar-refractivity contribution in [3.05, 3.63) is 11.9 Å². The summed E-state index contributed by atoms with van der Waals surface area (Å²) in [4.78, 5) is 0. The summed E-state index contributed by atoms with van der Waals surface area (Å²) in [6.07, 6.45) is 2.13. The van der Waals surface area contributed by atoms with Crippen molar-refractivity contribution >= 4 is 5.69 Å². The molecular formula is C10H15F2N3. The van der Waals surface area contributed by atoms with E-state index in [4.69, 9.17) is 5.73 Å². The van der Waals surface area contributed by atoms with Crippen molar-refractivity contribution in [2.75, 3.05) is 5.73 Å². The summed E-state index contributed by atoms with van der Waals surface area (Å²) < 4.78 is 27.6. The summed E-state index contributed by atoms with van der Waals surface area (Å²) in [6, 6.07) is 0. The number of hydrogen-bond donors (Lipinski definition) is 1. The van der Waals surface area contributed by atoms with Crippen LogP contribution >= 0.6 is 0 Å². The lowest BCUT2D eigenvalue weighted by Gasteiger charge is -2.11. The monoisotopic (exact) mass is 215 g/mol. The Morgan fingerprint density at radius 2 is 2.40 bits per heavy atom. The zero-order chi connectivity index (χ0) is 11.1. The van der Waals surface area contributed by atoms with Crippen LogP contribution in [0.25, 0.3) is 0 Å². The van der Waals surface area contributed by atoms with Gasteiger partial charge in [0.05, 0.1) is 17.6 Å². The molecule has 84 valence electrons. The lowest BCUT2D eigenvalue weighted by molar-refractivity contribution is 0.00420. The summed E-state index contributed by atoms with van der Waals surface area (Å²) >= 11 is 0. The Balaban J connectivity index is 2.02. The second-order valence-electron chi connectivity index (χ2n) is 4.33. The van der Waals surface area contributed by atoms with Crippen molar-refractivity contribution in [1.82, 2.24) is 9.78 Å². The lowest BCUT2D eigenvalue weighted by atomic mass is 10.1. The van der Waals surface area contributed by atoms with Gasteiger partial charge in [0.2, 0.25) is 5.92 Å². The molecule has 0 radical (unpaired) electrons. The fourth-order valence-corrected chi connectivity index (χ4v) is 2.09. The van der Waals surface area contributed by atoms with Crippen molar-refractivity contribution in [3.63, 3.8) is 0 Å². The number of nitrogens with zero attached hydrogens (tertiary/aromatic N) is 2. The minimum absolute atomic E-state index is 0.00741. The number of nitrogens with two attached hydrogens (primary N) is 1. The third kappa shape index (κ3) is 2.11. The number of halogens is 2. The average molecular weight is 215 g/mol. The molecule has 1 atom stereocenters. The first kappa shape index (κ1) is 10.4. The number of alkyl halides is 2. The Labute approximate surface area is 87.3 Å². The maximum atomic E-state index is 12.9. The summed E-state index contributed by atoms with van der Waals surface area (Å²) in [5.74, 6) is -2.45. The van der Waals surface area contributed by atoms with E-state index in [9.17, 15) is 8.78 Å². The fourth-order valence-electron chi connectivity index (χ4n) is 2.09. The minimum atomic E-state index is -2.47. The summed E-state index contributed by atoms with van der Waals surface area (Å²) in [5.41, 5.74) is 7.13. The van der Waals surface area contributed by atoms with E-state index in [1.807, 2.05) is 6.92 Å². The lowest BCUT2D eigenvalue weighted by Crippen LogP contribution is -2.14. The van der Waals surface area contributed by atoms with Crippen LogP contribution in [0.5, 0.6) is 0 Å². The third-order valence-corrected chi connectivity index (χ3v) is 3.08. The molecule has 2 N–H and O–H groups in total. The number of hydrogen-bond acceptors (Lipinski definition) is 2. The highest BCUT2D eigenvalue weighted by Gasteiger charge is 2.39. The predicted octanol–water partition coefficient (Wildman–Crippen LogP) is 2.21. The van der Waals surface area contributed by atoms with Gasteiger partial charge < -0.3 is 5.73 Å². The van der Waals surface area contributed by atoms with Gasteiger partial charge in [0.25, 0.3) is 0 Å².